The van der Waals surface area contributed by atoms with Gasteiger partial charge in [-0.1, -0.05) is 19.1 Å². The van der Waals surface area contributed by atoms with Crippen molar-refractivity contribution < 1.29 is 44.3 Å². The molecule has 4 heterocycles. The van der Waals surface area contributed by atoms with Crippen molar-refractivity contribution in [2.24, 2.45) is 5.92 Å². The average molecular weight is 638 g/mol. The predicted molar refractivity (Wildman–Crippen MR) is 161 cm³/mol. The Morgan fingerprint density at radius 2 is 1.85 bits per heavy atom. The normalized spacial score (nSPS) is 26.3. The molecule has 3 aromatic rings. The van der Waals surface area contributed by atoms with Crippen LogP contribution in [0.15, 0.2) is 42.9 Å². The highest BCUT2D eigenvalue weighted by Gasteiger charge is 2.48. The number of carboxylic acid groups (broad SMARTS) is 1. The molecule has 0 bridgehead atoms. The molecule has 0 aliphatic carbocycles. The molecular weight excluding hydrogens is 602 g/mol. The van der Waals surface area contributed by atoms with Crippen LogP contribution >= 0.6 is 0 Å². The van der Waals surface area contributed by atoms with E-state index in [0.717, 1.165) is 6.42 Å². The van der Waals surface area contributed by atoms with E-state index in [-0.39, 0.29) is 35.7 Å². The maximum absolute atomic E-state index is 13.8. The Hall–Kier alpha value is -4.82. The Morgan fingerprint density at radius 3 is 2.57 bits per heavy atom. The maximum Gasteiger partial charge on any atom is 0.335 e. The number of piperidine rings is 1. The summed E-state index contributed by atoms with van der Waals surface area (Å²) in [5.74, 6) is -0.962. The number of para-hydroxylation sites is 2. The fourth-order valence-corrected chi connectivity index (χ4v) is 5.86. The average Bonchev–Trinajstić information content (AvgIpc) is 3.49. The third-order valence-electron chi connectivity index (χ3n) is 8.57. The smallest absolute Gasteiger partial charge is 0.335 e. The van der Waals surface area contributed by atoms with Gasteiger partial charge in [0.1, 0.15) is 42.6 Å². The van der Waals surface area contributed by atoms with Crippen molar-refractivity contribution in [3.05, 3.63) is 42.9 Å². The molecule has 2 fully saturated rings. The van der Waals surface area contributed by atoms with Gasteiger partial charge in [-0.3, -0.25) is 14.3 Å². The molecule has 0 radical (unpaired) electrons. The Morgan fingerprint density at radius 1 is 1.11 bits per heavy atom. The molecule has 46 heavy (non-hydrogen) atoms. The molecule has 16 heteroatoms. The van der Waals surface area contributed by atoms with Crippen LogP contribution < -0.4 is 14.5 Å². The van der Waals surface area contributed by atoms with Crippen LogP contribution in [0, 0.1) is 17.2 Å². The van der Waals surface area contributed by atoms with E-state index in [9.17, 15) is 34.8 Å². The van der Waals surface area contributed by atoms with E-state index in [1.165, 1.54) is 28.9 Å². The number of nitrogens with zero attached hydrogens (tertiary/aromatic N) is 7. The van der Waals surface area contributed by atoms with Crippen molar-refractivity contribution in [1.82, 2.24) is 19.4 Å². The van der Waals surface area contributed by atoms with Gasteiger partial charge in [0.2, 0.25) is 12.2 Å². The van der Waals surface area contributed by atoms with Crippen LogP contribution in [-0.4, -0.2) is 122 Å². The largest absolute Gasteiger partial charge is 0.479 e. The summed E-state index contributed by atoms with van der Waals surface area (Å²) in [6.07, 6.45) is -5.58. The first-order chi connectivity index (χ1) is 21.9. The second kappa shape index (κ2) is 13.3. The first kappa shape index (κ1) is 32.6. The third-order valence-corrected chi connectivity index (χ3v) is 8.57. The van der Waals surface area contributed by atoms with Gasteiger partial charge in [0.05, 0.1) is 23.2 Å². The van der Waals surface area contributed by atoms with Crippen molar-refractivity contribution >= 4 is 40.4 Å². The van der Waals surface area contributed by atoms with Crippen molar-refractivity contribution in [2.45, 2.75) is 56.5 Å². The number of hydrogen-bond acceptors (Lipinski definition) is 12. The number of likely N-dealkylation sites (tertiary alicyclic amines) is 1. The van der Waals surface area contributed by atoms with Crippen LogP contribution in [0.1, 0.15) is 19.8 Å². The lowest BCUT2D eigenvalue weighted by Gasteiger charge is -2.42. The Kier molecular flexibility index (Phi) is 9.39. The molecule has 0 saturated carbocycles. The van der Waals surface area contributed by atoms with E-state index < -0.39 is 42.7 Å². The molecule has 0 spiro atoms. The quantitative estimate of drug-likeness (QED) is 0.276. The van der Waals surface area contributed by atoms with Gasteiger partial charge in [0.25, 0.3) is 0 Å². The Balaban J connectivity index is 1.39. The van der Waals surface area contributed by atoms with Gasteiger partial charge in [-0.15, -0.1) is 0 Å². The van der Waals surface area contributed by atoms with E-state index in [0.29, 0.717) is 29.9 Å². The molecule has 7 atom stereocenters. The summed E-state index contributed by atoms with van der Waals surface area (Å²) >= 11 is 0. The summed E-state index contributed by atoms with van der Waals surface area (Å²) in [7, 11) is 3.35. The standard InChI is InChI=1S/C30H35N7O9/c1-16-9-12-36(21(38)8-11-31)14-19(16)34(2)26-17-10-13-37(27(17)33-15-32-26)30(44)35(3)18-6-4-5-7-20(18)45-29-24(41)22(39)23(40)25(46-29)28(42)43/h4-7,10,13,15-16,19,22-25,29,39-41H,8-9,12,14H2,1-3H3,(H,42,43)/t16-,19+,22+,23+,24-,25+,29-/m1/s1. The van der Waals surface area contributed by atoms with Crippen molar-refractivity contribution in [3.63, 3.8) is 0 Å². The Labute approximate surface area is 263 Å². The van der Waals surface area contributed by atoms with Crippen LogP contribution in [-0.2, 0) is 14.3 Å². The van der Waals surface area contributed by atoms with Crippen molar-refractivity contribution in [2.75, 3.05) is 37.0 Å². The van der Waals surface area contributed by atoms with E-state index in [1.807, 2.05) is 18.0 Å². The number of aliphatic carboxylic acids is 1. The molecule has 0 unspecified atom stereocenters. The molecule has 2 aliphatic heterocycles. The van der Waals surface area contributed by atoms with Crippen LogP contribution in [0.5, 0.6) is 5.75 Å². The van der Waals surface area contributed by atoms with Gasteiger partial charge in [-0.05, 0) is 30.5 Å². The highest BCUT2D eigenvalue weighted by Crippen LogP contribution is 2.34. The lowest BCUT2D eigenvalue weighted by Crippen LogP contribution is -2.61. The monoisotopic (exact) mass is 637 g/mol. The summed E-state index contributed by atoms with van der Waals surface area (Å²) < 4.78 is 12.3. The molecule has 5 rings (SSSR count). The number of carboxylic acids is 1. The lowest BCUT2D eigenvalue weighted by atomic mass is 9.92. The number of hydrogen-bond donors (Lipinski definition) is 4. The number of likely N-dealkylation sites (N-methyl/N-ethyl adjacent to an activating group) is 1. The summed E-state index contributed by atoms with van der Waals surface area (Å²) in [6.45, 7) is 3.09. The number of ether oxygens (including phenoxy) is 2. The second-order valence-corrected chi connectivity index (χ2v) is 11.4. The first-order valence-corrected chi connectivity index (χ1v) is 14.6. The molecule has 4 N–H and O–H groups in total. The maximum atomic E-state index is 13.8. The number of anilines is 2. The molecule has 2 aliphatic rings. The third kappa shape index (κ3) is 6.05. The number of carbonyl (C=O) groups excluding carboxylic acids is 2. The predicted octanol–water partition coefficient (Wildman–Crippen LogP) is 0.394. The molecule has 244 valence electrons. The molecule has 2 saturated heterocycles. The van der Waals surface area contributed by atoms with Crippen LogP contribution in [0.3, 0.4) is 0 Å². The van der Waals surface area contributed by atoms with Gasteiger partial charge < -0.3 is 39.7 Å². The van der Waals surface area contributed by atoms with E-state index in [1.54, 1.807) is 35.4 Å². The number of aromatic nitrogens is 3. The second-order valence-electron chi connectivity index (χ2n) is 11.4. The minimum Gasteiger partial charge on any atom is -0.479 e. The fourth-order valence-electron chi connectivity index (χ4n) is 5.86. The lowest BCUT2D eigenvalue weighted by molar-refractivity contribution is -0.271. The van der Waals surface area contributed by atoms with Gasteiger partial charge >= 0.3 is 12.0 Å². The van der Waals surface area contributed by atoms with Crippen molar-refractivity contribution in [3.8, 4) is 11.8 Å². The molecule has 2 aromatic heterocycles. The van der Waals surface area contributed by atoms with Crippen LogP contribution in [0.2, 0.25) is 0 Å². The first-order valence-electron chi connectivity index (χ1n) is 14.6. The van der Waals surface area contributed by atoms with Gasteiger partial charge in [-0.2, -0.15) is 5.26 Å². The summed E-state index contributed by atoms with van der Waals surface area (Å²) in [5, 5.41) is 49.6. The minimum atomic E-state index is -1.88. The van der Waals surface area contributed by atoms with E-state index in [2.05, 4.69) is 16.9 Å². The summed E-state index contributed by atoms with van der Waals surface area (Å²) in [4.78, 5) is 51.6. The Bertz CT molecular complexity index is 1660. The number of benzene rings is 1. The number of nitriles is 1. The number of fused-ring (bicyclic) bond motifs is 1. The van der Waals surface area contributed by atoms with E-state index in [4.69, 9.17) is 14.7 Å². The van der Waals surface area contributed by atoms with Crippen molar-refractivity contribution in [1.29, 1.82) is 5.26 Å². The molecule has 1 aromatic carbocycles. The highest BCUT2D eigenvalue weighted by molar-refractivity contribution is 6.01. The SMILES string of the molecule is C[C@@H]1CCN(C(=O)CC#N)C[C@@H]1N(C)c1ncnc2c1ccn2C(=O)N(C)c1ccccc1O[C@@H]1O[C@H](C(=O)O)[C@@H](O)[C@H](O)[C@H]1O. The summed E-state index contributed by atoms with van der Waals surface area (Å²) in [5.41, 5.74) is 0.544. The minimum absolute atomic E-state index is 0.0309. The number of rotatable bonds is 7. The van der Waals surface area contributed by atoms with Gasteiger partial charge in [0.15, 0.2) is 11.8 Å². The van der Waals surface area contributed by atoms with Gasteiger partial charge in [0, 0.05) is 33.4 Å². The number of aliphatic hydroxyl groups excluding tert-OH is 3. The molecule has 16 nitrogen and oxygen atoms in total. The van der Waals surface area contributed by atoms with Gasteiger partial charge in [-0.25, -0.2) is 19.6 Å². The molecule has 2 amide bonds. The fraction of sp³-hybridized carbons (Fsp3) is 0.467. The van der Waals surface area contributed by atoms with E-state index >= 15 is 0 Å². The topological polar surface area (TPSA) is 215 Å². The van der Waals surface area contributed by atoms with Crippen LogP contribution in [0.4, 0.5) is 16.3 Å². The van der Waals surface area contributed by atoms with Crippen LogP contribution in [0.25, 0.3) is 11.0 Å². The number of amides is 2. The zero-order valence-corrected chi connectivity index (χ0v) is 25.4. The summed E-state index contributed by atoms with van der Waals surface area (Å²) in [6, 6.07) is 9.26. The highest BCUT2D eigenvalue weighted by atomic mass is 16.7. The molecular formula is C30H35N7O9. The zero-order chi connectivity index (χ0) is 33.3. The number of carbonyl (C=O) groups is 3. The zero-order valence-electron chi connectivity index (χ0n) is 25.4. The number of aliphatic hydroxyl groups is 3.